The Morgan fingerprint density at radius 1 is 1.12 bits per heavy atom. The van der Waals surface area contributed by atoms with Crippen LogP contribution in [-0.4, -0.2) is 17.7 Å². The molecule has 0 atom stereocenters. The summed E-state index contributed by atoms with van der Waals surface area (Å²) in [4.78, 5) is 23.0. The summed E-state index contributed by atoms with van der Waals surface area (Å²) in [5.41, 5.74) is -0.167. The van der Waals surface area contributed by atoms with Gasteiger partial charge in [0.05, 0.1) is 10.4 Å². The molecule has 0 unspecified atom stereocenters. The van der Waals surface area contributed by atoms with Crippen molar-refractivity contribution in [1.82, 2.24) is 0 Å². The summed E-state index contributed by atoms with van der Waals surface area (Å²) in [5.74, 6) is -0.618. The minimum Gasteiger partial charge on any atom is -0.482 e. The number of halogens is 2. The molecule has 0 saturated carbocycles. The molecule has 0 aliphatic heterocycles. The highest BCUT2D eigenvalue weighted by atomic mass is 35.5. The number of hydrogen-bond acceptors (Lipinski definition) is 5. The van der Waals surface area contributed by atoms with Crippen LogP contribution in [0.1, 0.15) is 0 Å². The second-order valence-electron chi connectivity index (χ2n) is 4.95. The zero-order valence-electron chi connectivity index (χ0n) is 12.5. The normalized spacial score (nSPS) is 10.6. The van der Waals surface area contributed by atoms with E-state index in [4.69, 9.17) is 42.2 Å². The van der Waals surface area contributed by atoms with E-state index < -0.39 is 18.0 Å². The van der Waals surface area contributed by atoms with Crippen molar-refractivity contribution >= 4 is 40.1 Å². The van der Waals surface area contributed by atoms with Crippen molar-refractivity contribution < 1.29 is 23.8 Å². The molecule has 1 aromatic heterocycles. The first kappa shape index (κ1) is 17.1. The number of rotatable bonds is 5. The molecule has 0 saturated heterocycles. The predicted molar refractivity (Wildman–Crippen MR) is 92.2 cm³/mol. The molecule has 3 rings (SSSR count). The molecule has 8 heteroatoms. The van der Waals surface area contributed by atoms with Crippen LogP contribution in [0.3, 0.4) is 0 Å². The average Bonchev–Trinajstić information content (AvgIpc) is 2.57. The average molecular weight is 381 g/mol. The van der Waals surface area contributed by atoms with Gasteiger partial charge < -0.3 is 19.0 Å². The van der Waals surface area contributed by atoms with Gasteiger partial charge in [-0.15, -0.1) is 0 Å². The van der Waals surface area contributed by atoms with Crippen LogP contribution in [0.5, 0.6) is 17.2 Å². The molecule has 6 nitrogen and oxygen atoms in total. The summed E-state index contributed by atoms with van der Waals surface area (Å²) in [6.45, 7) is -0.494. The minimum absolute atomic E-state index is 0.0454. The Hall–Kier alpha value is -2.70. The molecular weight excluding hydrogens is 371 g/mol. The zero-order valence-corrected chi connectivity index (χ0v) is 14.0. The van der Waals surface area contributed by atoms with Crippen molar-refractivity contribution in [3.8, 4) is 17.2 Å². The fourth-order valence-electron chi connectivity index (χ4n) is 2.07. The van der Waals surface area contributed by atoms with Crippen molar-refractivity contribution in [2.45, 2.75) is 0 Å². The number of aliphatic carboxylic acids is 1. The molecule has 128 valence electrons. The van der Waals surface area contributed by atoms with E-state index in [2.05, 4.69) is 0 Å². The van der Waals surface area contributed by atoms with Gasteiger partial charge in [-0.1, -0.05) is 23.2 Å². The van der Waals surface area contributed by atoms with E-state index in [1.165, 1.54) is 30.3 Å². The van der Waals surface area contributed by atoms with Crippen molar-refractivity contribution in [2.75, 3.05) is 6.61 Å². The highest BCUT2D eigenvalue weighted by Gasteiger charge is 2.12. The zero-order chi connectivity index (χ0) is 18.0. The molecule has 0 bridgehead atoms. The maximum Gasteiger partial charge on any atom is 0.341 e. The van der Waals surface area contributed by atoms with Gasteiger partial charge in [-0.2, -0.15) is 0 Å². The van der Waals surface area contributed by atoms with E-state index in [-0.39, 0.29) is 33.2 Å². The lowest BCUT2D eigenvalue weighted by Gasteiger charge is -2.08. The van der Waals surface area contributed by atoms with E-state index >= 15 is 0 Å². The summed E-state index contributed by atoms with van der Waals surface area (Å²) >= 11 is 11.8. The van der Waals surface area contributed by atoms with Gasteiger partial charge in [0.15, 0.2) is 6.61 Å². The molecular formula is C17H10Cl2O6. The third-order valence-electron chi connectivity index (χ3n) is 3.19. The first-order valence-electron chi connectivity index (χ1n) is 6.97. The molecule has 0 fully saturated rings. The van der Waals surface area contributed by atoms with Crippen molar-refractivity contribution in [1.29, 1.82) is 0 Å². The van der Waals surface area contributed by atoms with Gasteiger partial charge in [0.1, 0.15) is 23.3 Å². The van der Waals surface area contributed by atoms with Crippen LogP contribution in [0.15, 0.2) is 51.9 Å². The van der Waals surface area contributed by atoms with E-state index in [9.17, 15) is 9.59 Å². The topological polar surface area (TPSA) is 86.0 Å². The number of benzene rings is 2. The summed E-state index contributed by atoms with van der Waals surface area (Å²) in [6.07, 6.45) is 1.15. The Kier molecular flexibility index (Phi) is 4.83. The molecule has 25 heavy (non-hydrogen) atoms. The maximum absolute atomic E-state index is 12.5. The first-order valence-corrected chi connectivity index (χ1v) is 7.72. The third-order valence-corrected chi connectivity index (χ3v) is 3.72. The molecule has 1 N–H and O–H groups in total. The number of ether oxygens (including phenoxy) is 2. The Morgan fingerprint density at radius 3 is 2.64 bits per heavy atom. The smallest absolute Gasteiger partial charge is 0.341 e. The van der Waals surface area contributed by atoms with Gasteiger partial charge in [-0.25, -0.2) is 4.79 Å². The summed E-state index contributed by atoms with van der Waals surface area (Å²) < 4.78 is 15.9. The van der Waals surface area contributed by atoms with Crippen LogP contribution in [-0.2, 0) is 4.79 Å². The summed E-state index contributed by atoms with van der Waals surface area (Å²) in [7, 11) is 0. The van der Waals surface area contributed by atoms with Gasteiger partial charge >= 0.3 is 5.97 Å². The molecule has 1 heterocycles. The number of carbonyl (C=O) groups is 1. The largest absolute Gasteiger partial charge is 0.482 e. The van der Waals surface area contributed by atoms with E-state index in [0.717, 1.165) is 6.26 Å². The van der Waals surface area contributed by atoms with Gasteiger partial charge in [0, 0.05) is 11.1 Å². The quantitative estimate of drug-likeness (QED) is 0.707. The first-order chi connectivity index (χ1) is 11.9. The van der Waals surface area contributed by atoms with E-state index in [1.54, 1.807) is 6.07 Å². The Balaban J connectivity index is 1.93. The second-order valence-corrected chi connectivity index (χ2v) is 5.79. The van der Waals surface area contributed by atoms with Crippen LogP contribution >= 0.6 is 23.2 Å². The molecule has 3 aromatic rings. The van der Waals surface area contributed by atoms with Crippen LogP contribution in [0, 0.1) is 0 Å². The maximum atomic E-state index is 12.5. The van der Waals surface area contributed by atoms with Crippen LogP contribution in [0.4, 0.5) is 0 Å². The second kappa shape index (κ2) is 7.04. The monoisotopic (exact) mass is 380 g/mol. The predicted octanol–water partition coefficient (Wildman–Crippen LogP) is 4.36. The number of hydrogen-bond donors (Lipinski definition) is 1. The lowest BCUT2D eigenvalue weighted by Crippen LogP contribution is -2.09. The molecule has 0 radical (unpaired) electrons. The summed E-state index contributed by atoms with van der Waals surface area (Å²) in [6, 6.07) is 8.98. The lowest BCUT2D eigenvalue weighted by molar-refractivity contribution is -0.139. The van der Waals surface area contributed by atoms with Gasteiger partial charge in [-0.3, -0.25) is 4.79 Å². The Morgan fingerprint density at radius 2 is 1.92 bits per heavy atom. The Bertz CT molecular complexity index is 1010. The highest BCUT2D eigenvalue weighted by Crippen LogP contribution is 2.31. The molecule has 0 amide bonds. The number of fused-ring (bicyclic) bond motifs is 1. The van der Waals surface area contributed by atoms with E-state index in [0.29, 0.717) is 5.02 Å². The van der Waals surface area contributed by atoms with Gasteiger partial charge in [0.2, 0.25) is 11.2 Å². The van der Waals surface area contributed by atoms with E-state index in [1.807, 2.05) is 0 Å². The van der Waals surface area contributed by atoms with Crippen molar-refractivity contribution in [3.05, 3.63) is 62.9 Å². The van der Waals surface area contributed by atoms with Crippen LogP contribution in [0.25, 0.3) is 11.0 Å². The summed E-state index contributed by atoms with van der Waals surface area (Å²) in [5, 5.41) is 9.56. The van der Waals surface area contributed by atoms with Crippen molar-refractivity contribution in [3.63, 3.8) is 0 Å². The van der Waals surface area contributed by atoms with Gasteiger partial charge in [-0.05, 0) is 30.3 Å². The lowest BCUT2D eigenvalue weighted by atomic mass is 10.2. The molecule has 0 spiro atoms. The Labute approximate surface area is 151 Å². The number of carboxylic acid groups (broad SMARTS) is 1. The number of carboxylic acids is 1. The standard InChI is InChI=1S/C17H10Cl2O6/c18-9-1-4-13(12(19)5-9)25-15-7-24-14-6-10(23-8-16(20)21)2-3-11(14)17(15)22/h1-7H,8H2,(H,20,21). The van der Waals surface area contributed by atoms with Crippen molar-refractivity contribution in [2.24, 2.45) is 0 Å². The van der Waals surface area contributed by atoms with Gasteiger partial charge in [0.25, 0.3) is 0 Å². The van der Waals surface area contributed by atoms with Crippen LogP contribution in [0.2, 0.25) is 10.0 Å². The molecule has 0 aliphatic rings. The third kappa shape index (κ3) is 3.87. The van der Waals surface area contributed by atoms with Crippen LogP contribution < -0.4 is 14.9 Å². The fraction of sp³-hybridized carbons (Fsp3) is 0.0588. The SMILES string of the molecule is O=C(O)COc1ccc2c(=O)c(Oc3ccc(Cl)cc3Cl)coc2c1. The molecule has 2 aromatic carbocycles. The highest BCUT2D eigenvalue weighted by molar-refractivity contribution is 6.35. The minimum atomic E-state index is -1.11. The fourth-order valence-corrected chi connectivity index (χ4v) is 2.52. The molecule has 0 aliphatic carbocycles.